The van der Waals surface area contributed by atoms with Gasteiger partial charge in [-0.2, -0.15) is 0 Å². The van der Waals surface area contributed by atoms with Crippen molar-refractivity contribution in [2.24, 2.45) is 0 Å². The Balaban J connectivity index is 2.48. The van der Waals surface area contributed by atoms with Crippen molar-refractivity contribution in [3.05, 3.63) is 50.1 Å². The lowest BCUT2D eigenvalue weighted by Crippen LogP contribution is -2.17. The SMILES string of the molecule is CNC(c1cc(Cl)ccc1Cl)c1sccc1OC. The van der Waals surface area contributed by atoms with E-state index in [1.54, 1.807) is 24.5 Å². The van der Waals surface area contributed by atoms with Crippen molar-refractivity contribution in [1.82, 2.24) is 5.32 Å². The molecule has 0 amide bonds. The van der Waals surface area contributed by atoms with E-state index in [4.69, 9.17) is 27.9 Å². The predicted molar refractivity (Wildman–Crippen MR) is 78.2 cm³/mol. The molecule has 0 aliphatic heterocycles. The summed E-state index contributed by atoms with van der Waals surface area (Å²) in [5.41, 5.74) is 0.951. The van der Waals surface area contributed by atoms with Crippen LogP contribution < -0.4 is 10.1 Å². The van der Waals surface area contributed by atoms with Crippen LogP contribution >= 0.6 is 34.5 Å². The maximum atomic E-state index is 6.25. The largest absolute Gasteiger partial charge is 0.496 e. The third-order valence-corrected chi connectivity index (χ3v) is 4.24. The highest BCUT2D eigenvalue weighted by molar-refractivity contribution is 7.10. The first kappa shape index (κ1) is 13.7. The van der Waals surface area contributed by atoms with Crippen molar-refractivity contribution in [3.8, 4) is 5.75 Å². The standard InChI is InChI=1S/C13H13Cl2NOS/c1-16-12(13-11(17-2)5-6-18-13)9-7-8(14)3-4-10(9)15/h3-7,12,16H,1-2H3. The van der Waals surface area contributed by atoms with Gasteiger partial charge in [-0.15, -0.1) is 11.3 Å². The van der Waals surface area contributed by atoms with Gasteiger partial charge in [0.2, 0.25) is 0 Å². The Kier molecular flexibility index (Phi) is 4.51. The van der Waals surface area contributed by atoms with Gasteiger partial charge in [0.1, 0.15) is 5.75 Å². The molecule has 2 nitrogen and oxygen atoms in total. The molecule has 0 aliphatic rings. The second-order valence-corrected chi connectivity index (χ2v) is 5.53. The highest BCUT2D eigenvalue weighted by atomic mass is 35.5. The topological polar surface area (TPSA) is 21.3 Å². The third-order valence-electron chi connectivity index (χ3n) is 2.70. The molecule has 96 valence electrons. The van der Waals surface area contributed by atoms with Crippen molar-refractivity contribution >= 4 is 34.5 Å². The first-order chi connectivity index (χ1) is 8.67. The van der Waals surface area contributed by atoms with Crippen molar-refractivity contribution in [1.29, 1.82) is 0 Å². The normalized spacial score (nSPS) is 12.4. The number of hydrogen-bond acceptors (Lipinski definition) is 3. The molecule has 1 unspecified atom stereocenters. The molecule has 2 rings (SSSR count). The summed E-state index contributed by atoms with van der Waals surface area (Å²) < 4.78 is 5.35. The molecule has 0 spiro atoms. The molecule has 1 N–H and O–H groups in total. The van der Waals surface area contributed by atoms with E-state index in [-0.39, 0.29) is 6.04 Å². The molecular weight excluding hydrogens is 289 g/mol. The quantitative estimate of drug-likeness (QED) is 0.905. The van der Waals surface area contributed by atoms with Crippen molar-refractivity contribution in [2.75, 3.05) is 14.2 Å². The maximum Gasteiger partial charge on any atom is 0.134 e. The molecule has 0 aliphatic carbocycles. The van der Waals surface area contributed by atoms with Crippen LogP contribution in [-0.4, -0.2) is 14.2 Å². The third kappa shape index (κ3) is 2.64. The second-order valence-electron chi connectivity index (χ2n) is 3.74. The molecule has 5 heteroatoms. The maximum absolute atomic E-state index is 6.25. The summed E-state index contributed by atoms with van der Waals surface area (Å²) in [5.74, 6) is 0.857. The lowest BCUT2D eigenvalue weighted by Gasteiger charge is -2.18. The fourth-order valence-corrected chi connectivity index (χ4v) is 3.25. The van der Waals surface area contributed by atoms with Crippen LogP contribution in [0, 0.1) is 0 Å². The summed E-state index contributed by atoms with van der Waals surface area (Å²) in [4.78, 5) is 1.09. The first-order valence-electron chi connectivity index (χ1n) is 5.41. The van der Waals surface area contributed by atoms with Crippen LogP contribution in [-0.2, 0) is 0 Å². The molecule has 0 fully saturated rings. The first-order valence-corrected chi connectivity index (χ1v) is 7.04. The molecule has 0 radical (unpaired) electrons. The second kappa shape index (κ2) is 5.93. The Morgan fingerprint density at radius 3 is 2.72 bits per heavy atom. The Hall–Kier alpha value is -0.740. The van der Waals surface area contributed by atoms with Gasteiger partial charge in [-0.3, -0.25) is 0 Å². The lowest BCUT2D eigenvalue weighted by molar-refractivity contribution is 0.409. The van der Waals surface area contributed by atoms with Gasteiger partial charge in [-0.05, 0) is 42.3 Å². The van der Waals surface area contributed by atoms with Crippen LogP contribution in [0.3, 0.4) is 0 Å². The summed E-state index contributed by atoms with van der Waals surface area (Å²) in [7, 11) is 3.55. The van der Waals surface area contributed by atoms with Crippen LogP contribution in [0.2, 0.25) is 10.0 Å². The number of rotatable bonds is 4. The molecule has 2 aromatic rings. The average molecular weight is 302 g/mol. The van der Waals surface area contributed by atoms with E-state index in [1.165, 1.54) is 0 Å². The highest BCUT2D eigenvalue weighted by Gasteiger charge is 2.20. The minimum atomic E-state index is -0.0221. The van der Waals surface area contributed by atoms with E-state index in [1.807, 2.05) is 30.6 Å². The van der Waals surface area contributed by atoms with E-state index < -0.39 is 0 Å². The van der Waals surface area contributed by atoms with Gasteiger partial charge in [0.25, 0.3) is 0 Å². The van der Waals surface area contributed by atoms with Gasteiger partial charge < -0.3 is 10.1 Å². The Morgan fingerprint density at radius 2 is 2.06 bits per heavy atom. The summed E-state index contributed by atoms with van der Waals surface area (Å²) in [6.07, 6.45) is 0. The van der Waals surface area contributed by atoms with Crippen LogP contribution in [0.4, 0.5) is 0 Å². The van der Waals surface area contributed by atoms with Crippen LogP contribution in [0.15, 0.2) is 29.6 Å². The summed E-state index contributed by atoms with van der Waals surface area (Å²) in [6.45, 7) is 0. The smallest absolute Gasteiger partial charge is 0.134 e. The van der Waals surface area contributed by atoms with Gasteiger partial charge >= 0.3 is 0 Å². The lowest BCUT2D eigenvalue weighted by atomic mass is 10.1. The summed E-state index contributed by atoms with van der Waals surface area (Å²) in [6, 6.07) is 7.40. The van der Waals surface area contributed by atoms with Gasteiger partial charge in [0.05, 0.1) is 18.0 Å². The molecular formula is C13H13Cl2NOS. The zero-order valence-corrected chi connectivity index (χ0v) is 12.4. The van der Waals surface area contributed by atoms with Crippen LogP contribution in [0.1, 0.15) is 16.5 Å². The van der Waals surface area contributed by atoms with E-state index in [0.29, 0.717) is 10.0 Å². The van der Waals surface area contributed by atoms with Crippen LogP contribution in [0.5, 0.6) is 5.75 Å². The number of thiophene rings is 1. The fraction of sp³-hybridized carbons (Fsp3) is 0.231. The van der Waals surface area contributed by atoms with Crippen molar-refractivity contribution < 1.29 is 4.74 Å². The van der Waals surface area contributed by atoms with E-state index in [9.17, 15) is 0 Å². The number of nitrogens with one attached hydrogen (secondary N) is 1. The molecule has 1 heterocycles. The van der Waals surface area contributed by atoms with Crippen LogP contribution in [0.25, 0.3) is 0 Å². The Bertz CT molecular complexity index is 542. The number of halogens is 2. The minimum absolute atomic E-state index is 0.0221. The van der Waals surface area contributed by atoms with Crippen molar-refractivity contribution in [3.63, 3.8) is 0 Å². The van der Waals surface area contributed by atoms with Crippen molar-refractivity contribution in [2.45, 2.75) is 6.04 Å². The zero-order chi connectivity index (χ0) is 13.1. The van der Waals surface area contributed by atoms with E-state index in [0.717, 1.165) is 16.2 Å². The molecule has 1 aromatic carbocycles. The fourth-order valence-electron chi connectivity index (χ4n) is 1.85. The molecule has 0 saturated heterocycles. The summed E-state index contributed by atoms with van der Waals surface area (Å²) >= 11 is 13.9. The highest BCUT2D eigenvalue weighted by Crippen LogP contribution is 2.37. The number of hydrogen-bond donors (Lipinski definition) is 1. The number of benzene rings is 1. The predicted octanol–water partition coefficient (Wildman–Crippen LogP) is 4.37. The zero-order valence-electron chi connectivity index (χ0n) is 10.0. The molecule has 1 atom stereocenters. The molecule has 0 saturated carbocycles. The monoisotopic (exact) mass is 301 g/mol. The van der Waals surface area contributed by atoms with Gasteiger partial charge in [-0.1, -0.05) is 23.2 Å². The number of ether oxygens (including phenoxy) is 1. The minimum Gasteiger partial charge on any atom is -0.496 e. The van der Waals surface area contributed by atoms with E-state index in [2.05, 4.69) is 5.32 Å². The molecule has 0 bridgehead atoms. The van der Waals surface area contributed by atoms with Gasteiger partial charge in [0.15, 0.2) is 0 Å². The Morgan fingerprint density at radius 1 is 1.28 bits per heavy atom. The van der Waals surface area contributed by atoms with E-state index >= 15 is 0 Å². The molecule has 1 aromatic heterocycles. The Labute approximate surface area is 120 Å². The van der Waals surface area contributed by atoms with Gasteiger partial charge in [0, 0.05) is 10.0 Å². The number of methoxy groups -OCH3 is 1. The van der Waals surface area contributed by atoms with Gasteiger partial charge in [-0.25, -0.2) is 0 Å². The average Bonchev–Trinajstić information content (AvgIpc) is 2.83. The summed E-state index contributed by atoms with van der Waals surface area (Å²) in [5, 5.41) is 6.61. The molecule has 18 heavy (non-hydrogen) atoms.